The van der Waals surface area contributed by atoms with Crippen molar-refractivity contribution < 1.29 is 14.3 Å². The Kier molecular flexibility index (Phi) is 5.56. The molecular weight excluding hydrogens is 350 g/mol. The second-order valence-electron chi connectivity index (χ2n) is 8.00. The molecule has 0 radical (unpaired) electrons. The lowest BCUT2D eigenvalue weighted by atomic mass is 10.1. The second kappa shape index (κ2) is 7.90. The fraction of sp³-hybridized carbons (Fsp3) is 0.333. The van der Waals surface area contributed by atoms with Crippen LogP contribution in [0.3, 0.4) is 0 Å². The quantitative estimate of drug-likeness (QED) is 0.471. The summed E-state index contributed by atoms with van der Waals surface area (Å²) in [6.07, 6.45) is 1.15. The number of esters is 1. The number of benzene rings is 2. The van der Waals surface area contributed by atoms with E-state index in [2.05, 4.69) is 26.0 Å². The maximum atomic E-state index is 12.7. The van der Waals surface area contributed by atoms with E-state index >= 15 is 0 Å². The molecule has 28 heavy (non-hydrogen) atoms. The van der Waals surface area contributed by atoms with Crippen molar-refractivity contribution in [2.24, 2.45) is 17.3 Å². The summed E-state index contributed by atoms with van der Waals surface area (Å²) in [6, 6.07) is 18.6. The van der Waals surface area contributed by atoms with Gasteiger partial charge in [-0.3, -0.25) is 4.79 Å². The summed E-state index contributed by atoms with van der Waals surface area (Å²) in [7, 11) is 0. The van der Waals surface area contributed by atoms with E-state index in [0.717, 1.165) is 0 Å². The van der Waals surface area contributed by atoms with Crippen LogP contribution < -0.4 is 4.74 Å². The van der Waals surface area contributed by atoms with Crippen LogP contribution in [0.15, 0.2) is 66.2 Å². The molecule has 1 aliphatic rings. The van der Waals surface area contributed by atoms with Crippen molar-refractivity contribution in [2.75, 3.05) is 0 Å². The van der Waals surface area contributed by atoms with E-state index in [9.17, 15) is 10.1 Å². The van der Waals surface area contributed by atoms with Crippen LogP contribution in [0.4, 0.5) is 0 Å². The zero-order valence-corrected chi connectivity index (χ0v) is 16.7. The van der Waals surface area contributed by atoms with Crippen LogP contribution in [0.2, 0.25) is 0 Å². The predicted octanol–water partition coefficient (Wildman–Crippen LogP) is 5.83. The van der Waals surface area contributed by atoms with E-state index < -0.39 is 6.10 Å². The molecule has 0 bridgehead atoms. The highest BCUT2D eigenvalue weighted by molar-refractivity contribution is 5.78. The first-order valence-electron chi connectivity index (χ1n) is 9.41. The van der Waals surface area contributed by atoms with Gasteiger partial charge in [0.05, 0.1) is 5.92 Å². The summed E-state index contributed by atoms with van der Waals surface area (Å²) in [5.41, 5.74) is 1.63. The Balaban J connectivity index is 1.72. The van der Waals surface area contributed by atoms with Gasteiger partial charge >= 0.3 is 5.97 Å². The van der Waals surface area contributed by atoms with Crippen molar-refractivity contribution in [3.63, 3.8) is 0 Å². The van der Waals surface area contributed by atoms with Crippen LogP contribution in [0.5, 0.6) is 11.5 Å². The summed E-state index contributed by atoms with van der Waals surface area (Å²) in [4.78, 5) is 12.7. The summed E-state index contributed by atoms with van der Waals surface area (Å²) < 4.78 is 11.4. The molecule has 0 aromatic heterocycles. The van der Waals surface area contributed by atoms with Crippen LogP contribution in [0, 0.1) is 28.6 Å². The minimum atomic E-state index is -0.962. The highest BCUT2D eigenvalue weighted by atomic mass is 16.5. The minimum absolute atomic E-state index is 0.146. The van der Waals surface area contributed by atoms with Gasteiger partial charge in [-0.15, -0.1) is 0 Å². The fourth-order valence-electron chi connectivity index (χ4n) is 3.52. The van der Waals surface area contributed by atoms with Gasteiger partial charge in [0.15, 0.2) is 0 Å². The lowest BCUT2D eigenvalue weighted by molar-refractivity contribution is -0.149. The number of hydrogen-bond donors (Lipinski definition) is 0. The van der Waals surface area contributed by atoms with Crippen molar-refractivity contribution in [2.45, 2.75) is 33.8 Å². The van der Waals surface area contributed by atoms with Crippen molar-refractivity contribution in [3.8, 4) is 17.6 Å². The van der Waals surface area contributed by atoms with E-state index in [1.165, 1.54) is 5.57 Å². The molecule has 2 aromatic rings. The van der Waals surface area contributed by atoms with Crippen LogP contribution >= 0.6 is 0 Å². The van der Waals surface area contributed by atoms with Gasteiger partial charge in [-0.25, -0.2) is 0 Å². The Morgan fingerprint density at radius 2 is 1.79 bits per heavy atom. The van der Waals surface area contributed by atoms with Crippen LogP contribution in [0.25, 0.3) is 0 Å². The lowest BCUT2D eigenvalue weighted by Crippen LogP contribution is -2.14. The second-order valence-corrected chi connectivity index (χ2v) is 8.00. The highest BCUT2D eigenvalue weighted by Crippen LogP contribution is 2.60. The molecule has 3 rings (SSSR count). The zero-order chi connectivity index (χ0) is 20.3. The Hall–Kier alpha value is -3.06. The number of rotatable bonds is 6. The Bertz CT molecular complexity index is 920. The molecular formula is C24H25NO3. The molecule has 0 aliphatic heterocycles. The molecule has 2 aromatic carbocycles. The third-order valence-electron chi connectivity index (χ3n) is 5.17. The molecule has 4 heteroatoms. The third-order valence-corrected chi connectivity index (χ3v) is 5.17. The molecule has 2 unspecified atom stereocenters. The average Bonchev–Trinajstić information content (AvgIpc) is 3.20. The monoisotopic (exact) mass is 375 g/mol. The summed E-state index contributed by atoms with van der Waals surface area (Å²) >= 11 is 0. The molecule has 3 atom stereocenters. The first-order valence-corrected chi connectivity index (χ1v) is 9.41. The Morgan fingerprint density at radius 1 is 1.11 bits per heavy atom. The maximum Gasteiger partial charge on any atom is 0.311 e. The minimum Gasteiger partial charge on any atom is -0.457 e. The average molecular weight is 375 g/mol. The van der Waals surface area contributed by atoms with Gasteiger partial charge in [0.1, 0.15) is 17.6 Å². The van der Waals surface area contributed by atoms with Gasteiger partial charge < -0.3 is 9.47 Å². The Labute approximate surface area is 166 Å². The standard InChI is InChI=1S/C24H25NO3/c1-16(2)13-20-22(24(20,3)4)23(26)28-21(15-25)17-9-8-12-19(14-17)27-18-10-6-5-7-11-18/h5-14,20-22H,1-4H3/t20?,21-,22?/m0/s1. The van der Waals surface area contributed by atoms with Crippen molar-refractivity contribution in [1.29, 1.82) is 5.26 Å². The van der Waals surface area contributed by atoms with Gasteiger partial charge in [-0.2, -0.15) is 5.26 Å². The number of ether oxygens (including phenoxy) is 2. The van der Waals surface area contributed by atoms with E-state index in [-0.39, 0.29) is 23.2 Å². The smallest absolute Gasteiger partial charge is 0.311 e. The normalized spacial score (nSPS) is 20.4. The number of hydrogen-bond acceptors (Lipinski definition) is 4. The number of para-hydroxylation sites is 1. The van der Waals surface area contributed by atoms with Crippen LogP contribution in [-0.2, 0) is 9.53 Å². The molecule has 0 heterocycles. The summed E-state index contributed by atoms with van der Waals surface area (Å²) in [6.45, 7) is 8.15. The zero-order valence-electron chi connectivity index (χ0n) is 16.7. The van der Waals surface area contributed by atoms with Gasteiger partial charge in [-0.1, -0.05) is 55.8 Å². The summed E-state index contributed by atoms with van der Waals surface area (Å²) in [5, 5.41) is 9.57. The summed E-state index contributed by atoms with van der Waals surface area (Å²) in [5.74, 6) is 0.899. The van der Waals surface area contributed by atoms with Gasteiger partial charge in [0, 0.05) is 5.56 Å². The van der Waals surface area contributed by atoms with E-state index in [1.54, 1.807) is 18.2 Å². The molecule has 0 N–H and O–H groups in total. The first kappa shape index (κ1) is 19.7. The number of carbonyl (C=O) groups excluding carboxylic acids is 1. The molecule has 0 spiro atoms. The van der Waals surface area contributed by atoms with E-state index in [4.69, 9.17) is 9.47 Å². The maximum absolute atomic E-state index is 12.7. The molecule has 4 nitrogen and oxygen atoms in total. The number of allylic oxidation sites excluding steroid dienone is 2. The van der Waals surface area contributed by atoms with E-state index in [0.29, 0.717) is 17.1 Å². The SMILES string of the molecule is CC(C)=CC1C(C(=O)O[C@@H](C#N)c2cccc(Oc3ccccc3)c2)C1(C)C. The van der Waals surface area contributed by atoms with Gasteiger partial charge in [0.2, 0.25) is 6.10 Å². The van der Waals surface area contributed by atoms with E-state index in [1.807, 2.05) is 50.2 Å². The topological polar surface area (TPSA) is 59.3 Å². The van der Waals surface area contributed by atoms with Crippen LogP contribution in [-0.4, -0.2) is 5.97 Å². The van der Waals surface area contributed by atoms with Crippen molar-refractivity contribution >= 4 is 5.97 Å². The third kappa shape index (κ3) is 4.26. The van der Waals surface area contributed by atoms with Crippen molar-refractivity contribution in [1.82, 2.24) is 0 Å². The van der Waals surface area contributed by atoms with Crippen molar-refractivity contribution in [3.05, 3.63) is 71.8 Å². The first-order chi connectivity index (χ1) is 13.3. The highest BCUT2D eigenvalue weighted by Gasteiger charge is 2.61. The van der Waals surface area contributed by atoms with Gasteiger partial charge in [0.25, 0.3) is 0 Å². The predicted molar refractivity (Wildman–Crippen MR) is 108 cm³/mol. The molecule has 0 saturated heterocycles. The number of nitriles is 1. The molecule has 0 amide bonds. The molecule has 1 aliphatic carbocycles. The number of carbonyl (C=O) groups is 1. The number of nitrogens with zero attached hydrogens (tertiary/aromatic N) is 1. The molecule has 1 fully saturated rings. The molecule has 1 saturated carbocycles. The largest absolute Gasteiger partial charge is 0.457 e. The van der Waals surface area contributed by atoms with Crippen LogP contribution in [0.1, 0.15) is 39.4 Å². The molecule has 144 valence electrons. The van der Waals surface area contributed by atoms with Gasteiger partial charge in [-0.05, 0) is 49.4 Å². The Morgan fingerprint density at radius 3 is 2.43 bits per heavy atom. The lowest BCUT2D eigenvalue weighted by Gasteiger charge is -2.13. The fourth-order valence-corrected chi connectivity index (χ4v) is 3.52.